The summed E-state index contributed by atoms with van der Waals surface area (Å²) in [6, 6.07) is 15.8. The maximum absolute atomic E-state index is 13.1. The first kappa shape index (κ1) is 26.7. The molecule has 176 valence electrons. The maximum atomic E-state index is 13.1. The van der Waals surface area contributed by atoms with Crippen LogP contribution in [0.1, 0.15) is 64.1 Å². The van der Waals surface area contributed by atoms with E-state index in [4.69, 9.17) is 23.2 Å². The molecule has 0 bridgehead atoms. The molecule has 0 radical (unpaired) electrons. The molecule has 0 saturated carbocycles. The van der Waals surface area contributed by atoms with Gasteiger partial charge in [-0.3, -0.25) is 4.79 Å². The summed E-state index contributed by atoms with van der Waals surface area (Å²) in [5, 5.41) is 11.3. The second-order valence-electron chi connectivity index (χ2n) is 8.81. The lowest BCUT2D eigenvalue weighted by molar-refractivity contribution is -0.124. The number of nitrogens with one attached hydrogen (secondary N) is 3. The van der Waals surface area contributed by atoms with Crippen molar-refractivity contribution < 1.29 is 4.79 Å². The molecule has 2 aromatic rings. The SMILES string of the molecule is CCC(CCNCc1ccccc1)NC(CC(C)C)C(=O)NC(C)c1ccc(Cl)c(Cl)c1. The van der Waals surface area contributed by atoms with Crippen LogP contribution in [0.15, 0.2) is 48.5 Å². The maximum Gasteiger partial charge on any atom is 0.237 e. The molecule has 0 aliphatic carbocycles. The number of carbonyl (C=O) groups is 1. The van der Waals surface area contributed by atoms with E-state index in [0.717, 1.165) is 37.9 Å². The van der Waals surface area contributed by atoms with Crippen LogP contribution < -0.4 is 16.0 Å². The predicted molar refractivity (Wildman–Crippen MR) is 136 cm³/mol. The summed E-state index contributed by atoms with van der Waals surface area (Å²) < 4.78 is 0. The molecule has 6 heteroatoms. The Balaban J connectivity index is 1.91. The van der Waals surface area contributed by atoms with E-state index in [9.17, 15) is 4.79 Å². The summed E-state index contributed by atoms with van der Waals surface area (Å²) in [4.78, 5) is 13.1. The van der Waals surface area contributed by atoms with Gasteiger partial charge in [0.15, 0.2) is 0 Å². The van der Waals surface area contributed by atoms with Gasteiger partial charge in [-0.15, -0.1) is 0 Å². The van der Waals surface area contributed by atoms with Crippen molar-refractivity contribution in [2.75, 3.05) is 6.54 Å². The number of amides is 1. The number of halogens is 2. The van der Waals surface area contributed by atoms with Crippen molar-refractivity contribution in [3.63, 3.8) is 0 Å². The van der Waals surface area contributed by atoms with Crippen molar-refractivity contribution in [3.05, 3.63) is 69.7 Å². The number of hydrogen-bond donors (Lipinski definition) is 3. The van der Waals surface area contributed by atoms with Crippen molar-refractivity contribution in [2.24, 2.45) is 5.92 Å². The molecule has 0 spiro atoms. The second kappa shape index (κ2) is 13.8. The summed E-state index contributed by atoms with van der Waals surface area (Å²) in [5.74, 6) is 0.431. The first-order valence-electron chi connectivity index (χ1n) is 11.6. The molecule has 4 nitrogen and oxygen atoms in total. The number of carbonyl (C=O) groups excluding carboxylic acids is 1. The van der Waals surface area contributed by atoms with E-state index in [2.05, 4.69) is 61.0 Å². The summed E-state index contributed by atoms with van der Waals surface area (Å²) in [6.45, 7) is 10.2. The van der Waals surface area contributed by atoms with Crippen LogP contribution in [0.25, 0.3) is 0 Å². The highest BCUT2D eigenvalue weighted by atomic mass is 35.5. The second-order valence-corrected chi connectivity index (χ2v) is 9.62. The van der Waals surface area contributed by atoms with Gasteiger partial charge in [0.1, 0.15) is 0 Å². The van der Waals surface area contributed by atoms with Crippen LogP contribution in [0.2, 0.25) is 10.0 Å². The van der Waals surface area contributed by atoms with E-state index in [0.29, 0.717) is 16.0 Å². The van der Waals surface area contributed by atoms with Crippen molar-refractivity contribution in [1.82, 2.24) is 16.0 Å². The molecule has 3 N–H and O–H groups in total. The standard InChI is InChI=1S/C26H37Cl2N3O/c1-5-22(13-14-29-17-20-9-7-6-8-10-20)31-25(15-18(2)3)26(32)30-19(4)21-11-12-23(27)24(28)16-21/h6-12,16,18-19,22,25,29,31H,5,13-15,17H2,1-4H3,(H,30,32). The zero-order valence-electron chi connectivity index (χ0n) is 19.6. The predicted octanol–water partition coefficient (Wildman–Crippen LogP) is 6.13. The fourth-order valence-corrected chi connectivity index (χ4v) is 4.00. The quantitative estimate of drug-likeness (QED) is 0.304. The van der Waals surface area contributed by atoms with Crippen molar-refractivity contribution in [1.29, 1.82) is 0 Å². The molecule has 2 aromatic carbocycles. The van der Waals surface area contributed by atoms with E-state index >= 15 is 0 Å². The fraction of sp³-hybridized carbons (Fsp3) is 0.500. The Morgan fingerprint density at radius 1 is 1.00 bits per heavy atom. The van der Waals surface area contributed by atoms with Crippen LogP contribution >= 0.6 is 23.2 Å². The minimum atomic E-state index is -0.237. The largest absolute Gasteiger partial charge is 0.348 e. The zero-order valence-corrected chi connectivity index (χ0v) is 21.1. The molecule has 0 heterocycles. The Hall–Kier alpha value is -1.59. The molecular weight excluding hydrogens is 441 g/mol. The van der Waals surface area contributed by atoms with Gasteiger partial charge in [0.05, 0.1) is 22.1 Å². The molecule has 0 saturated heterocycles. The average Bonchev–Trinajstić information content (AvgIpc) is 2.77. The molecule has 0 aliphatic rings. The summed E-state index contributed by atoms with van der Waals surface area (Å²) in [6.07, 6.45) is 2.72. The first-order valence-corrected chi connectivity index (χ1v) is 12.3. The third kappa shape index (κ3) is 9.11. The fourth-order valence-electron chi connectivity index (χ4n) is 3.70. The molecular formula is C26H37Cl2N3O. The Labute approximate surface area is 203 Å². The van der Waals surface area contributed by atoms with E-state index in [1.54, 1.807) is 6.07 Å². The van der Waals surface area contributed by atoms with Gasteiger partial charge >= 0.3 is 0 Å². The molecule has 0 aliphatic heterocycles. The van der Waals surface area contributed by atoms with Crippen LogP contribution in [0, 0.1) is 5.92 Å². The van der Waals surface area contributed by atoms with Gasteiger partial charge in [0, 0.05) is 12.6 Å². The van der Waals surface area contributed by atoms with E-state index in [1.165, 1.54) is 5.56 Å². The number of hydrogen-bond acceptors (Lipinski definition) is 3. The molecule has 0 aromatic heterocycles. The van der Waals surface area contributed by atoms with E-state index < -0.39 is 0 Å². The lowest BCUT2D eigenvalue weighted by Gasteiger charge is -2.27. The zero-order chi connectivity index (χ0) is 23.5. The van der Waals surface area contributed by atoms with E-state index in [-0.39, 0.29) is 24.0 Å². The van der Waals surface area contributed by atoms with Gasteiger partial charge < -0.3 is 16.0 Å². The molecule has 3 atom stereocenters. The molecule has 0 fully saturated rings. The van der Waals surface area contributed by atoms with Crippen LogP contribution in [-0.2, 0) is 11.3 Å². The topological polar surface area (TPSA) is 53.2 Å². The van der Waals surface area contributed by atoms with E-state index in [1.807, 2.05) is 25.1 Å². The smallest absolute Gasteiger partial charge is 0.237 e. The monoisotopic (exact) mass is 477 g/mol. The Morgan fingerprint density at radius 3 is 2.34 bits per heavy atom. The lowest BCUT2D eigenvalue weighted by Crippen LogP contribution is -2.49. The minimum absolute atomic E-state index is 0.0213. The van der Waals surface area contributed by atoms with Gasteiger partial charge in [0.25, 0.3) is 0 Å². The Morgan fingerprint density at radius 2 is 1.72 bits per heavy atom. The minimum Gasteiger partial charge on any atom is -0.348 e. The van der Waals surface area contributed by atoms with Gasteiger partial charge in [-0.25, -0.2) is 0 Å². The Bertz CT molecular complexity index is 829. The van der Waals surface area contributed by atoms with Crippen LogP contribution in [-0.4, -0.2) is 24.5 Å². The molecule has 32 heavy (non-hydrogen) atoms. The van der Waals surface area contributed by atoms with Crippen LogP contribution in [0.4, 0.5) is 0 Å². The van der Waals surface area contributed by atoms with Gasteiger partial charge in [0.2, 0.25) is 5.91 Å². The van der Waals surface area contributed by atoms with Crippen LogP contribution in [0.3, 0.4) is 0 Å². The highest BCUT2D eigenvalue weighted by Crippen LogP contribution is 2.25. The van der Waals surface area contributed by atoms with Gasteiger partial charge in [-0.2, -0.15) is 0 Å². The summed E-state index contributed by atoms with van der Waals surface area (Å²) in [7, 11) is 0. The van der Waals surface area contributed by atoms with Gasteiger partial charge in [-0.1, -0.05) is 80.4 Å². The normalized spacial score (nSPS) is 14.2. The number of benzene rings is 2. The number of rotatable bonds is 13. The first-order chi connectivity index (χ1) is 15.3. The average molecular weight is 479 g/mol. The molecule has 1 amide bonds. The third-order valence-corrected chi connectivity index (χ3v) is 6.34. The highest BCUT2D eigenvalue weighted by molar-refractivity contribution is 6.42. The Kier molecular flexibility index (Phi) is 11.5. The lowest BCUT2D eigenvalue weighted by atomic mass is 10.00. The van der Waals surface area contributed by atoms with Crippen LogP contribution in [0.5, 0.6) is 0 Å². The highest BCUT2D eigenvalue weighted by Gasteiger charge is 2.24. The molecule has 3 unspecified atom stereocenters. The van der Waals surface area contributed by atoms with Crippen molar-refractivity contribution >= 4 is 29.1 Å². The van der Waals surface area contributed by atoms with Gasteiger partial charge in [-0.05, 0) is 61.9 Å². The molecule has 2 rings (SSSR count). The summed E-state index contributed by atoms with van der Waals surface area (Å²) >= 11 is 12.2. The summed E-state index contributed by atoms with van der Waals surface area (Å²) in [5.41, 5.74) is 2.22. The van der Waals surface area contributed by atoms with Crippen molar-refractivity contribution in [2.45, 2.75) is 71.6 Å². The third-order valence-electron chi connectivity index (χ3n) is 5.60. The van der Waals surface area contributed by atoms with Crippen molar-refractivity contribution in [3.8, 4) is 0 Å².